The molecule has 2 aromatic rings. The Hall–Kier alpha value is -2.14. The molecule has 104 valence electrons. The van der Waals surface area contributed by atoms with Crippen LogP contribution < -0.4 is 5.32 Å². The molecule has 1 heterocycles. The van der Waals surface area contributed by atoms with Crippen LogP contribution in [-0.4, -0.2) is 17.0 Å². The molecule has 0 unspecified atom stereocenters. The van der Waals surface area contributed by atoms with Gasteiger partial charge in [0.25, 0.3) is 0 Å². The van der Waals surface area contributed by atoms with Crippen molar-refractivity contribution in [2.45, 2.75) is 19.8 Å². The molecule has 5 heteroatoms. The summed E-state index contributed by atoms with van der Waals surface area (Å²) in [5, 5.41) is 13.3. The molecular formula is C15H15NO3S. The average molecular weight is 289 g/mol. The van der Waals surface area contributed by atoms with Crippen molar-refractivity contribution in [3.63, 3.8) is 0 Å². The number of aromatic carboxylic acids is 1. The number of thiophene rings is 1. The first kappa shape index (κ1) is 14.3. The van der Waals surface area contributed by atoms with Gasteiger partial charge in [0.05, 0.1) is 5.69 Å². The van der Waals surface area contributed by atoms with Gasteiger partial charge in [-0.15, -0.1) is 11.3 Å². The maximum absolute atomic E-state index is 11.8. The van der Waals surface area contributed by atoms with E-state index < -0.39 is 5.97 Å². The van der Waals surface area contributed by atoms with E-state index in [0.29, 0.717) is 18.5 Å². The minimum Gasteiger partial charge on any atom is -0.477 e. The number of aryl methyl sites for hydroxylation is 2. The summed E-state index contributed by atoms with van der Waals surface area (Å²) < 4.78 is 0. The minimum absolute atomic E-state index is 0.161. The molecule has 0 saturated heterocycles. The van der Waals surface area contributed by atoms with Gasteiger partial charge in [-0.1, -0.05) is 29.8 Å². The number of carbonyl (C=O) groups is 2. The Bertz CT molecular complexity index is 616. The van der Waals surface area contributed by atoms with Crippen molar-refractivity contribution >= 4 is 28.9 Å². The van der Waals surface area contributed by atoms with Gasteiger partial charge in [0.2, 0.25) is 5.91 Å². The molecule has 2 N–H and O–H groups in total. The summed E-state index contributed by atoms with van der Waals surface area (Å²) in [4.78, 5) is 22.9. The number of amides is 1. The summed E-state index contributed by atoms with van der Waals surface area (Å²) in [5.74, 6) is -1.19. The van der Waals surface area contributed by atoms with Crippen molar-refractivity contribution in [2.75, 3.05) is 5.32 Å². The largest absolute Gasteiger partial charge is 0.477 e. The van der Waals surface area contributed by atoms with Crippen molar-refractivity contribution in [1.29, 1.82) is 0 Å². The number of carboxylic acids is 1. The second kappa shape index (κ2) is 6.34. The highest BCUT2D eigenvalue weighted by Crippen LogP contribution is 2.22. The Morgan fingerprint density at radius 3 is 2.55 bits per heavy atom. The van der Waals surface area contributed by atoms with Gasteiger partial charge in [0, 0.05) is 6.42 Å². The smallest absolute Gasteiger partial charge is 0.348 e. The van der Waals surface area contributed by atoms with Crippen molar-refractivity contribution < 1.29 is 14.7 Å². The number of carboxylic acid groups (broad SMARTS) is 1. The molecule has 1 aromatic heterocycles. The molecule has 0 aliphatic heterocycles. The van der Waals surface area contributed by atoms with Crippen LogP contribution in [-0.2, 0) is 11.2 Å². The van der Waals surface area contributed by atoms with E-state index in [2.05, 4.69) is 5.32 Å². The van der Waals surface area contributed by atoms with Crippen molar-refractivity contribution in [2.24, 2.45) is 0 Å². The van der Waals surface area contributed by atoms with Crippen LogP contribution in [0, 0.1) is 6.92 Å². The zero-order chi connectivity index (χ0) is 14.5. The van der Waals surface area contributed by atoms with Crippen LogP contribution in [0.5, 0.6) is 0 Å². The Morgan fingerprint density at radius 1 is 1.20 bits per heavy atom. The summed E-state index contributed by atoms with van der Waals surface area (Å²) in [6, 6.07) is 9.62. The molecule has 1 amide bonds. The standard InChI is InChI=1S/C15H15NO3S/c1-10-2-4-11(5-3-10)6-7-13(17)16-12-8-9-20-14(12)15(18)19/h2-5,8-9H,6-7H2,1H3,(H,16,17)(H,18,19). The summed E-state index contributed by atoms with van der Waals surface area (Å²) in [5.41, 5.74) is 2.65. The van der Waals surface area contributed by atoms with Crippen LogP contribution in [0.3, 0.4) is 0 Å². The highest BCUT2D eigenvalue weighted by Gasteiger charge is 2.13. The lowest BCUT2D eigenvalue weighted by Crippen LogP contribution is -2.13. The Kier molecular flexibility index (Phi) is 4.53. The van der Waals surface area contributed by atoms with Crippen LogP contribution >= 0.6 is 11.3 Å². The third-order valence-corrected chi connectivity index (χ3v) is 3.80. The molecule has 0 spiro atoms. The number of hydrogen-bond donors (Lipinski definition) is 2. The fraction of sp³-hybridized carbons (Fsp3) is 0.200. The zero-order valence-corrected chi connectivity index (χ0v) is 11.9. The van der Waals surface area contributed by atoms with E-state index in [9.17, 15) is 9.59 Å². The average Bonchev–Trinajstić information content (AvgIpc) is 2.86. The molecule has 0 radical (unpaired) electrons. The number of rotatable bonds is 5. The minimum atomic E-state index is -1.02. The lowest BCUT2D eigenvalue weighted by Gasteiger charge is -2.05. The van der Waals surface area contributed by atoms with E-state index in [4.69, 9.17) is 5.11 Å². The first-order valence-corrected chi connectivity index (χ1v) is 7.10. The second-order valence-electron chi connectivity index (χ2n) is 4.50. The van der Waals surface area contributed by atoms with Crippen molar-refractivity contribution in [3.8, 4) is 0 Å². The van der Waals surface area contributed by atoms with Gasteiger partial charge in [-0.05, 0) is 30.4 Å². The summed E-state index contributed by atoms with van der Waals surface area (Å²) >= 11 is 1.10. The molecule has 0 atom stereocenters. The summed E-state index contributed by atoms with van der Waals surface area (Å²) in [6.45, 7) is 2.01. The molecule has 0 saturated carbocycles. The molecule has 0 aliphatic carbocycles. The number of benzene rings is 1. The van der Waals surface area contributed by atoms with E-state index in [1.54, 1.807) is 11.4 Å². The van der Waals surface area contributed by atoms with Gasteiger partial charge >= 0.3 is 5.97 Å². The normalized spacial score (nSPS) is 10.2. The van der Waals surface area contributed by atoms with Crippen LogP contribution in [0.1, 0.15) is 27.2 Å². The quantitative estimate of drug-likeness (QED) is 0.887. The van der Waals surface area contributed by atoms with Crippen LogP contribution in [0.2, 0.25) is 0 Å². The number of carbonyl (C=O) groups excluding carboxylic acids is 1. The highest BCUT2D eigenvalue weighted by atomic mass is 32.1. The first-order valence-electron chi connectivity index (χ1n) is 6.22. The van der Waals surface area contributed by atoms with E-state index >= 15 is 0 Å². The van der Waals surface area contributed by atoms with Crippen LogP contribution in [0.4, 0.5) is 5.69 Å². The van der Waals surface area contributed by atoms with E-state index in [-0.39, 0.29) is 10.8 Å². The monoisotopic (exact) mass is 289 g/mol. The zero-order valence-electron chi connectivity index (χ0n) is 11.1. The predicted octanol–water partition coefficient (Wildman–Crippen LogP) is 3.33. The topological polar surface area (TPSA) is 66.4 Å². The molecule has 0 bridgehead atoms. The van der Waals surface area contributed by atoms with Gasteiger partial charge in [0.15, 0.2) is 0 Å². The van der Waals surface area contributed by atoms with Crippen molar-refractivity contribution in [3.05, 3.63) is 51.7 Å². The highest BCUT2D eigenvalue weighted by molar-refractivity contribution is 7.12. The van der Waals surface area contributed by atoms with E-state index in [1.165, 1.54) is 5.56 Å². The molecule has 1 aromatic carbocycles. The molecule has 0 fully saturated rings. The lowest BCUT2D eigenvalue weighted by atomic mass is 10.1. The van der Waals surface area contributed by atoms with E-state index in [0.717, 1.165) is 16.9 Å². The Balaban J connectivity index is 1.91. The van der Waals surface area contributed by atoms with Crippen LogP contribution in [0.15, 0.2) is 35.7 Å². The van der Waals surface area contributed by atoms with Gasteiger partial charge < -0.3 is 10.4 Å². The van der Waals surface area contributed by atoms with Crippen LogP contribution in [0.25, 0.3) is 0 Å². The first-order chi connectivity index (χ1) is 9.56. The third kappa shape index (κ3) is 3.68. The maximum Gasteiger partial charge on any atom is 0.348 e. The third-order valence-electron chi connectivity index (χ3n) is 2.89. The van der Waals surface area contributed by atoms with E-state index in [1.807, 2.05) is 31.2 Å². The Morgan fingerprint density at radius 2 is 1.90 bits per heavy atom. The fourth-order valence-corrected chi connectivity index (χ4v) is 2.49. The fourth-order valence-electron chi connectivity index (χ4n) is 1.80. The number of hydrogen-bond acceptors (Lipinski definition) is 3. The number of anilines is 1. The lowest BCUT2D eigenvalue weighted by molar-refractivity contribution is -0.116. The van der Waals surface area contributed by atoms with Gasteiger partial charge in [0.1, 0.15) is 4.88 Å². The molecule has 2 rings (SSSR count). The SMILES string of the molecule is Cc1ccc(CCC(=O)Nc2ccsc2C(=O)O)cc1. The van der Waals surface area contributed by atoms with Gasteiger partial charge in [-0.25, -0.2) is 4.79 Å². The molecule has 0 aliphatic rings. The molecule has 4 nitrogen and oxygen atoms in total. The van der Waals surface area contributed by atoms with Gasteiger partial charge in [-0.2, -0.15) is 0 Å². The van der Waals surface area contributed by atoms with Gasteiger partial charge in [-0.3, -0.25) is 4.79 Å². The second-order valence-corrected chi connectivity index (χ2v) is 5.42. The predicted molar refractivity (Wildman–Crippen MR) is 79.4 cm³/mol. The summed E-state index contributed by atoms with van der Waals surface area (Å²) in [6.07, 6.45) is 0.969. The van der Waals surface area contributed by atoms with Crippen molar-refractivity contribution in [1.82, 2.24) is 0 Å². The Labute approximate surface area is 121 Å². The maximum atomic E-state index is 11.8. The molecular weight excluding hydrogens is 274 g/mol. The summed E-state index contributed by atoms with van der Waals surface area (Å²) in [7, 11) is 0. The molecule has 20 heavy (non-hydrogen) atoms. The number of nitrogens with one attached hydrogen (secondary N) is 1.